The summed E-state index contributed by atoms with van der Waals surface area (Å²) in [7, 11) is -3.35. The molecule has 30 heavy (non-hydrogen) atoms. The van der Waals surface area contributed by atoms with Crippen LogP contribution in [0.15, 0.2) is 36.4 Å². The van der Waals surface area contributed by atoms with Crippen molar-refractivity contribution in [3.63, 3.8) is 0 Å². The molecule has 2 fully saturated rings. The van der Waals surface area contributed by atoms with Crippen LogP contribution in [0.1, 0.15) is 29.5 Å². The van der Waals surface area contributed by atoms with Gasteiger partial charge in [-0.15, -0.1) is 0 Å². The van der Waals surface area contributed by atoms with Gasteiger partial charge in [-0.1, -0.05) is 0 Å². The third kappa shape index (κ3) is 3.54. The summed E-state index contributed by atoms with van der Waals surface area (Å²) in [5.41, 5.74) is 3.32. The molecule has 0 bridgehead atoms. The van der Waals surface area contributed by atoms with Crippen molar-refractivity contribution in [2.75, 3.05) is 24.7 Å². The van der Waals surface area contributed by atoms with E-state index in [1.807, 2.05) is 19.1 Å². The zero-order valence-corrected chi connectivity index (χ0v) is 17.7. The molecule has 6 nitrogen and oxygen atoms in total. The molecule has 2 aromatic carbocycles. The average molecular weight is 430 g/mol. The highest BCUT2D eigenvalue weighted by molar-refractivity contribution is 7.88. The topological polar surface area (TPSA) is 90.3 Å². The Morgan fingerprint density at radius 1 is 1.27 bits per heavy atom. The number of aryl methyl sites for hydroxylation is 1. The maximum atomic E-state index is 13.2. The summed E-state index contributed by atoms with van der Waals surface area (Å²) >= 11 is 0. The molecule has 8 heteroatoms. The number of rotatable bonds is 5. The van der Waals surface area contributed by atoms with E-state index in [-0.39, 0.29) is 24.1 Å². The van der Waals surface area contributed by atoms with Gasteiger partial charge < -0.3 is 10.7 Å². The largest absolute Gasteiger partial charge is 0.355 e. The quantitative estimate of drug-likeness (QED) is 0.713. The van der Waals surface area contributed by atoms with Crippen LogP contribution >= 0.6 is 0 Å². The highest BCUT2D eigenvalue weighted by atomic mass is 32.2. The van der Waals surface area contributed by atoms with Crippen molar-refractivity contribution in [2.24, 2.45) is 5.92 Å². The Kier molecular flexibility index (Phi) is 5.02. The van der Waals surface area contributed by atoms with Gasteiger partial charge >= 0.3 is 0 Å². The van der Waals surface area contributed by atoms with Crippen molar-refractivity contribution in [3.8, 4) is 0 Å². The number of ketones is 1. The number of halogens is 1. The van der Waals surface area contributed by atoms with Gasteiger partial charge in [0.15, 0.2) is 0 Å². The summed E-state index contributed by atoms with van der Waals surface area (Å²) < 4.78 is 39.0. The zero-order chi connectivity index (χ0) is 21.7. The van der Waals surface area contributed by atoms with Crippen LogP contribution in [0.2, 0.25) is 0 Å². The number of nitrogens with one attached hydrogen (secondary N) is 2. The Hall–Kier alpha value is -2.58. The molecule has 1 saturated heterocycles. The Morgan fingerprint density at radius 3 is 2.60 bits per heavy atom. The number of Topliss-reactive ketones (excluding diaryl/α,β-unsaturated/α-hetero) is 1. The molecule has 2 aliphatic rings. The Morgan fingerprint density at radius 2 is 1.97 bits per heavy atom. The highest BCUT2D eigenvalue weighted by Gasteiger charge is 2.55. The monoisotopic (exact) mass is 429 g/mol. The maximum Gasteiger partial charge on any atom is 0.211 e. The van der Waals surface area contributed by atoms with E-state index in [1.54, 1.807) is 12.1 Å². The van der Waals surface area contributed by atoms with Crippen molar-refractivity contribution < 1.29 is 17.6 Å². The first-order valence-electron chi connectivity index (χ1n) is 9.77. The van der Waals surface area contributed by atoms with Crippen LogP contribution in [-0.4, -0.2) is 44.1 Å². The van der Waals surface area contributed by atoms with Gasteiger partial charge in [0.25, 0.3) is 0 Å². The lowest BCUT2D eigenvalue weighted by Gasteiger charge is -2.31. The van der Waals surface area contributed by atoms with Gasteiger partial charge in [0.1, 0.15) is 11.6 Å². The molecule has 1 saturated carbocycles. The second kappa shape index (κ2) is 7.28. The lowest BCUT2D eigenvalue weighted by Crippen LogP contribution is -2.35. The molecule has 4 rings (SSSR count). The Bertz CT molecular complexity index is 1130. The smallest absolute Gasteiger partial charge is 0.211 e. The summed E-state index contributed by atoms with van der Waals surface area (Å²) in [6.45, 7) is 2.57. The van der Waals surface area contributed by atoms with Gasteiger partial charge in [-0.25, -0.2) is 17.1 Å². The second-order valence-electron chi connectivity index (χ2n) is 8.36. The van der Waals surface area contributed by atoms with Crippen molar-refractivity contribution in [2.45, 2.75) is 25.2 Å². The molecule has 1 heterocycles. The number of sulfonamides is 1. The van der Waals surface area contributed by atoms with Crippen LogP contribution in [0, 0.1) is 24.1 Å². The van der Waals surface area contributed by atoms with Crippen LogP contribution in [0.25, 0.3) is 0 Å². The molecule has 0 spiro atoms. The standard InChI is InChI=1S/C22H24FN3O3S/c1-14-7-21(25-18-5-3-17(23)4-6-18)15(11-24)8-20(14)22-10-19(27)9-16(22)12-26(13-22)30(2,28)29/h3-8,11,16,24-25H,9-10,12-13H2,1-2H3. The summed E-state index contributed by atoms with van der Waals surface area (Å²) in [4.78, 5) is 12.3. The molecule has 2 atom stereocenters. The lowest BCUT2D eigenvalue weighted by molar-refractivity contribution is -0.118. The van der Waals surface area contributed by atoms with Gasteiger partial charge in [0.2, 0.25) is 10.0 Å². The predicted molar refractivity (Wildman–Crippen MR) is 115 cm³/mol. The molecule has 2 aromatic rings. The van der Waals surface area contributed by atoms with E-state index >= 15 is 0 Å². The van der Waals surface area contributed by atoms with Crippen LogP contribution in [0.5, 0.6) is 0 Å². The maximum absolute atomic E-state index is 13.2. The van der Waals surface area contributed by atoms with Crippen LogP contribution in [0.3, 0.4) is 0 Å². The van der Waals surface area contributed by atoms with Crippen LogP contribution in [0.4, 0.5) is 15.8 Å². The number of hydrogen-bond donors (Lipinski definition) is 2. The van der Waals surface area contributed by atoms with E-state index in [1.165, 1.54) is 28.9 Å². The minimum atomic E-state index is -3.35. The van der Waals surface area contributed by atoms with E-state index in [9.17, 15) is 17.6 Å². The first-order valence-corrected chi connectivity index (χ1v) is 11.6. The summed E-state index contributed by atoms with van der Waals surface area (Å²) in [5.74, 6) is -0.238. The van der Waals surface area contributed by atoms with Gasteiger partial charge in [0.05, 0.1) is 6.26 Å². The molecule has 2 N–H and O–H groups in total. The molecule has 2 unspecified atom stereocenters. The fraction of sp³-hybridized carbons (Fsp3) is 0.364. The van der Waals surface area contributed by atoms with Gasteiger partial charge in [-0.3, -0.25) is 4.79 Å². The number of carbonyl (C=O) groups is 1. The molecule has 1 aliphatic heterocycles. The fourth-order valence-corrected chi connectivity index (χ4v) is 5.83. The average Bonchev–Trinajstić information content (AvgIpc) is 3.17. The van der Waals surface area contributed by atoms with Gasteiger partial charge in [-0.05, 0) is 60.4 Å². The number of hydrogen-bond acceptors (Lipinski definition) is 5. The number of anilines is 2. The van der Waals surface area contributed by atoms with Crippen molar-refractivity contribution in [3.05, 3.63) is 58.9 Å². The highest BCUT2D eigenvalue weighted by Crippen LogP contribution is 2.51. The predicted octanol–water partition coefficient (Wildman–Crippen LogP) is 3.37. The molecule has 158 valence electrons. The SMILES string of the molecule is Cc1cc(Nc2ccc(F)cc2)c(C=N)cc1C12CC(=O)CC1CN(S(C)(=O)=O)C2. The minimum Gasteiger partial charge on any atom is -0.355 e. The number of benzene rings is 2. The molecule has 1 aliphatic carbocycles. The van der Waals surface area contributed by atoms with Crippen molar-refractivity contribution in [1.82, 2.24) is 4.31 Å². The van der Waals surface area contributed by atoms with E-state index in [0.29, 0.717) is 36.3 Å². The fourth-order valence-electron chi connectivity index (χ4n) is 4.92. The van der Waals surface area contributed by atoms with E-state index in [4.69, 9.17) is 5.41 Å². The molecule has 0 aromatic heterocycles. The van der Waals surface area contributed by atoms with E-state index in [2.05, 4.69) is 5.32 Å². The minimum absolute atomic E-state index is 0.0621. The summed E-state index contributed by atoms with van der Waals surface area (Å²) in [6, 6.07) is 9.77. The van der Waals surface area contributed by atoms with Crippen LogP contribution < -0.4 is 5.32 Å². The number of carbonyl (C=O) groups excluding carboxylic acids is 1. The third-order valence-electron chi connectivity index (χ3n) is 6.33. The third-order valence-corrected chi connectivity index (χ3v) is 7.55. The van der Waals surface area contributed by atoms with E-state index in [0.717, 1.165) is 11.1 Å². The van der Waals surface area contributed by atoms with E-state index < -0.39 is 15.4 Å². The lowest BCUT2D eigenvalue weighted by atomic mass is 9.72. The second-order valence-corrected chi connectivity index (χ2v) is 10.3. The summed E-state index contributed by atoms with van der Waals surface area (Å²) in [6.07, 6.45) is 3.13. The van der Waals surface area contributed by atoms with Gasteiger partial charge in [-0.2, -0.15) is 0 Å². The van der Waals surface area contributed by atoms with Crippen LogP contribution in [-0.2, 0) is 20.2 Å². The molecule has 0 amide bonds. The first kappa shape index (κ1) is 20.7. The Balaban J connectivity index is 1.76. The zero-order valence-electron chi connectivity index (χ0n) is 16.9. The molecular weight excluding hydrogens is 405 g/mol. The first-order chi connectivity index (χ1) is 14.1. The normalized spacial score (nSPS) is 24.1. The number of nitrogens with zero attached hydrogens (tertiary/aromatic N) is 1. The molecule has 0 radical (unpaired) electrons. The Labute approximate surface area is 175 Å². The number of fused-ring (bicyclic) bond motifs is 1. The van der Waals surface area contributed by atoms with Gasteiger partial charge in [0, 0.05) is 54.5 Å². The molecular formula is C22H24FN3O3S. The summed E-state index contributed by atoms with van der Waals surface area (Å²) in [5, 5.41) is 11.1. The van der Waals surface area contributed by atoms with Crippen molar-refractivity contribution >= 4 is 33.4 Å². The van der Waals surface area contributed by atoms with Crippen molar-refractivity contribution in [1.29, 1.82) is 5.41 Å².